The Morgan fingerprint density at radius 1 is 0.773 bits per heavy atom. The van der Waals surface area contributed by atoms with Gasteiger partial charge in [0, 0.05) is 0 Å². The Hall–Kier alpha value is -1.82. The zero-order valence-corrected chi connectivity index (χ0v) is 13.4. The molecule has 1 saturated carbocycles. The van der Waals surface area contributed by atoms with E-state index in [9.17, 15) is 0 Å². The number of rotatable bonds is 5. The van der Waals surface area contributed by atoms with Crippen molar-refractivity contribution in [1.29, 1.82) is 0 Å². The average Bonchev–Trinajstić information content (AvgIpc) is 2.61. The van der Waals surface area contributed by atoms with E-state index in [1.165, 1.54) is 55.2 Å². The average molecular weight is 290 g/mol. The highest BCUT2D eigenvalue weighted by molar-refractivity contribution is 5.63. The van der Waals surface area contributed by atoms with E-state index in [0.29, 0.717) is 0 Å². The van der Waals surface area contributed by atoms with Crippen LogP contribution in [0.4, 0.5) is 0 Å². The largest absolute Gasteiger partial charge is 0.0879 e. The smallest absolute Gasteiger partial charge is 0.0184 e. The second kappa shape index (κ2) is 7.98. The molecule has 1 aliphatic rings. The molecule has 22 heavy (non-hydrogen) atoms. The number of aryl methyl sites for hydroxylation is 1. The molecule has 0 aliphatic heterocycles. The zero-order valence-electron chi connectivity index (χ0n) is 13.4. The van der Waals surface area contributed by atoms with Gasteiger partial charge in [-0.15, -0.1) is 0 Å². The maximum atomic E-state index is 2.47. The molecule has 0 aromatic heterocycles. The highest BCUT2D eigenvalue weighted by atomic mass is 14.1. The van der Waals surface area contributed by atoms with Crippen molar-refractivity contribution in [2.24, 2.45) is 5.92 Å². The fourth-order valence-electron chi connectivity index (χ4n) is 3.36. The van der Waals surface area contributed by atoms with Crippen LogP contribution in [0.25, 0.3) is 11.1 Å². The molecule has 0 unspecified atom stereocenters. The van der Waals surface area contributed by atoms with E-state index in [-0.39, 0.29) is 0 Å². The summed E-state index contributed by atoms with van der Waals surface area (Å²) in [5.41, 5.74) is 4.04. The van der Waals surface area contributed by atoms with E-state index in [0.717, 1.165) is 12.3 Å². The van der Waals surface area contributed by atoms with Crippen molar-refractivity contribution in [3.63, 3.8) is 0 Å². The Kier molecular flexibility index (Phi) is 5.48. The molecule has 3 rings (SSSR count). The first-order valence-electron chi connectivity index (χ1n) is 8.73. The second-order valence-corrected chi connectivity index (χ2v) is 6.43. The molecule has 0 amide bonds. The minimum atomic E-state index is 0.856. The maximum Gasteiger partial charge on any atom is -0.0184 e. The lowest BCUT2D eigenvalue weighted by Gasteiger charge is -2.17. The molecule has 0 saturated heterocycles. The minimum Gasteiger partial charge on any atom is -0.0879 e. The Bertz CT molecular complexity index is 571. The van der Waals surface area contributed by atoms with E-state index in [1.807, 2.05) is 0 Å². The number of hydrogen-bond acceptors (Lipinski definition) is 0. The fourth-order valence-corrected chi connectivity index (χ4v) is 3.36. The zero-order chi connectivity index (χ0) is 15.0. The summed E-state index contributed by atoms with van der Waals surface area (Å²) in [5.74, 6) is 0.856. The molecule has 0 heterocycles. The summed E-state index contributed by atoms with van der Waals surface area (Å²) in [6.45, 7) is 0. The van der Waals surface area contributed by atoms with Gasteiger partial charge < -0.3 is 0 Å². The normalized spacial score (nSPS) is 16.2. The van der Waals surface area contributed by atoms with Crippen LogP contribution in [-0.2, 0) is 6.42 Å². The summed E-state index contributed by atoms with van der Waals surface area (Å²) < 4.78 is 0. The van der Waals surface area contributed by atoms with Crippen molar-refractivity contribution in [2.45, 2.75) is 44.9 Å². The van der Waals surface area contributed by atoms with Crippen molar-refractivity contribution in [2.75, 3.05) is 0 Å². The molecule has 1 fully saturated rings. The third kappa shape index (κ3) is 4.34. The predicted octanol–water partition coefficient (Wildman–Crippen LogP) is 6.42. The first-order chi connectivity index (χ1) is 10.9. The van der Waals surface area contributed by atoms with Gasteiger partial charge in [-0.05, 0) is 48.3 Å². The van der Waals surface area contributed by atoms with E-state index >= 15 is 0 Å². The van der Waals surface area contributed by atoms with Crippen LogP contribution >= 0.6 is 0 Å². The molecule has 0 radical (unpaired) electrons. The summed E-state index contributed by atoms with van der Waals surface area (Å²) >= 11 is 0. The second-order valence-electron chi connectivity index (χ2n) is 6.43. The van der Waals surface area contributed by atoms with Gasteiger partial charge >= 0.3 is 0 Å². The SMILES string of the molecule is C(=CC1CCCCC1)CCc1ccc(-c2ccccc2)cc1. The first-order valence-corrected chi connectivity index (χ1v) is 8.73. The molecule has 1 aliphatic carbocycles. The molecule has 0 spiro atoms. The van der Waals surface area contributed by atoms with Crippen molar-refractivity contribution >= 4 is 0 Å². The van der Waals surface area contributed by atoms with Gasteiger partial charge in [0.25, 0.3) is 0 Å². The third-order valence-corrected chi connectivity index (χ3v) is 4.72. The van der Waals surface area contributed by atoms with Crippen LogP contribution in [0.1, 0.15) is 44.1 Å². The predicted molar refractivity (Wildman–Crippen MR) is 95.9 cm³/mol. The molecule has 2 aromatic rings. The highest BCUT2D eigenvalue weighted by Gasteiger charge is 2.09. The maximum absolute atomic E-state index is 2.47. The molecular formula is C22H26. The van der Waals surface area contributed by atoms with Crippen LogP contribution in [-0.4, -0.2) is 0 Å². The summed E-state index contributed by atoms with van der Waals surface area (Å²) in [6, 6.07) is 19.6. The van der Waals surface area contributed by atoms with Crippen molar-refractivity contribution in [3.05, 3.63) is 72.3 Å². The summed E-state index contributed by atoms with van der Waals surface area (Å²) in [7, 11) is 0. The summed E-state index contributed by atoms with van der Waals surface area (Å²) in [6.07, 6.45) is 14.3. The van der Waals surface area contributed by atoms with E-state index in [4.69, 9.17) is 0 Å². The summed E-state index contributed by atoms with van der Waals surface area (Å²) in [5, 5.41) is 0. The Balaban J connectivity index is 1.50. The van der Waals surface area contributed by atoms with Crippen LogP contribution in [0.2, 0.25) is 0 Å². The van der Waals surface area contributed by atoms with E-state index in [2.05, 4.69) is 66.7 Å². The topological polar surface area (TPSA) is 0 Å². The lowest BCUT2D eigenvalue weighted by molar-refractivity contribution is 0.419. The molecule has 0 bridgehead atoms. The van der Waals surface area contributed by atoms with Crippen LogP contribution in [0.15, 0.2) is 66.7 Å². The van der Waals surface area contributed by atoms with Gasteiger partial charge in [-0.25, -0.2) is 0 Å². The number of hydrogen-bond donors (Lipinski definition) is 0. The van der Waals surface area contributed by atoms with E-state index < -0.39 is 0 Å². The molecular weight excluding hydrogens is 264 g/mol. The van der Waals surface area contributed by atoms with Gasteiger partial charge in [-0.2, -0.15) is 0 Å². The van der Waals surface area contributed by atoms with Gasteiger partial charge in [0.15, 0.2) is 0 Å². The molecule has 0 heteroatoms. The van der Waals surface area contributed by atoms with Crippen LogP contribution in [0.3, 0.4) is 0 Å². The molecule has 2 aromatic carbocycles. The lowest BCUT2D eigenvalue weighted by Crippen LogP contribution is -2.02. The quantitative estimate of drug-likeness (QED) is 0.557. The highest BCUT2D eigenvalue weighted by Crippen LogP contribution is 2.25. The van der Waals surface area contributed by atoms with Gasteiger partial charge in [-0.1, -0.05) is 86.0 Å². The van der Waals surface area contributed by atoms with Crippen molar-refractivity contribution < 1.29 is 0 Å². The van der Waals surface area contributed by atoms with Crippen LogP contribution < -0.4 is 0 Å². The van der Waals surface area contributed by atoms with Gasteiger partial charge in [0.2, 0.25) is 0 Å². The number of allylic oxidation sites excluding steroid dienone is 2. The molecule has 114 valence electrons. The van der Waals surface area contributed by atoms with Crippen molar-refractivity contribution in [3.8, 4) is 11.1 Å². The Morgan fingerprint density at radius 3 is 2.18 bits per heavy atom. The molecule has 0 N–H and O–H groups in total. The minimum absolute atomic E-state index is 0.856. The number of benzene rings is 2. The molecule has 0 nitrogen and oxygen atoms in total. The molecule has 0 atom stereocenters. The monoisotopic (exact) mass is 290 g/mol. The fraction of sp³-hybridized carbons (Fsp3) is 0.364. The van der Waals surface area contributed by atoms with E-state index in [1.54, 1.807) is 0 Å². The van der Waals surface area contributed by atoms with Gasteiger partial charge in [0.05, 0.1) is 0 Å². The standard InChI is InChI=1S/C22H26/c1-3-9-19(10-4-1)11-7-8-12-20-15-17-22(18-16-20)21-13-5-2-6-14-21/h2,5-7,11,13-19H,1,3-4,8-10,12H2. The first kappa shape index (κ1) is 15.1. The Morgan fingerprint density at radius 2 is 1.45 bits per heavy atom. The Labute approximate surface area is 134 Å². The summed E-state index contributed by atoms with van der Waals surface area (Å²) in [4.78, 5) is 0. The van der Waals surface area contributed by atoms with Crippen LogP contribution in [0, 0.1) is 5.92 Å². The third-order valence-electron chi connectivity index (χ3n) is 4.72. The van der Waals surface area contributed by atoms with Gasteiger partial charge in [0.1, 0.15) is 0 Å². The lowest BCUT2D eigenvalue weighted by atomic mass is 9.89. The van der Waals surface area contributed by atoms with Gasteiger partial charge in [-0.3, -0.25) is 0 Å². The van der Waals surface area contributed by atoms with Crippen LogP contribution in [0.5, 0.6) is 0 Å². The van der Waals surface area contributed by atoms with Crippen molar-refractivity contribution in [1.82, 2.24) is 0 Å².